The van der Waals surface area contributed by atoms with Gasteiger partial charge in [-0.1, -0.05) is 0 Å². The maximum atomic E-state index is 13.7. The standard InChI is InChI=1S/C25H29NO6/c1-28-18-10-15-17(11-19(18)29-2)22-14(9-13-7-6-8-26(13)25(22)27)16-12-20(30-3)23(31-4)24(32-5)21(15)16/h10-13,15,17H,6-9H2,1-5H3. The van der Waals surface area contributed by atoms with Gasteiger partial charge in [-0.25, -0.2) is 0 Å². The monoisotopic (exact) mass is 439 g/mol. The van der Waals surface area contributed by atoms with E-state index in [9.17, 15) is 4.79 Å². The number of allylic oxidation sites excluding steroid dienone is 2. The molecule has 32 heavy (non-hydrogen) atoms. The smallest absolute Gasteiger partial charge is 0.250 e. The summed E-state index contributed by atoms with van der Waals surface area (Å²) in [6.45, 7) is 0.819. The highest BCUT2D eigenvalue weighted by atomic mass is 16.5. The molecule has 0 bridgehead atoms. The molecule has 2 heterocycles. The minimum Gasteiger partial charge on any atom is -0.493 e. The fraction of sp³-hybridized carbons (Fsp3) is 0.480. The molecule has 1 saturated heterocycles. The molecule has 0 saturated carbocycles. The summed E-state index contributed by atoms with van der Waals surface area (Å²) in [7, 11) is 8.12. The van der Waals surface area contributed by atoms with Gasteiger partial charge in [-0.3, -0.25) is 4.79 Å². The highest BCUT2D eigenvalue weighted by Gasteiger charge is 2.48. The van der Waals surface area contributed by atoms with Crippen molar-refractivity contribution in [2.24, 2.45) is 5.92 Å². The predicted molar refractivity (Wildman–Crippen MR) is 119 cm³/mol. The van der Waals surface area contributed by atoms with Crippen LogP contribution in [0.5, 0.6) is 17.2 Å². The van der Waals surface area contributed by atoms with Gasteiger partial charge in [0.15, 0.2) is 23.0 Å². The summed E-state index contributed by atoms with van der Waals surface area (Å²) in [5.74, 6) is 2.85. The summed E-state index contributed by atoms with van der Waals surface area (Å²) in [6, 6.07) is 2.24. The molecule has 2 aliphatic carbocycles. The number of amides is 1. The molecule has 4 aliphatic rings. The van der Waals surface area contributed by atoms with Gasteiger partial charge in [0, 0.05) is 35.6 Å². The van der Waals surface area contributed by atoms with Gasteiger partial charge in [-0.2, -0.15) is 0 Å². The Morgan fingerprint density at radius 1 is 0.875 bits per heavy atom. The lowest BCUT2D eigenvalue weighted by molar-refractivity contribution is -0.128. The molecule has 0 radical (unpaired) electrons. The van der Waals surface area contributed by atoms with Gasteiger partial charge < -0.3 is 28.6 Å². The quantitative estimate of drug-likeness (QED) is 0.698. The van der Waals surface area contributed by atoms with Crippen molar-refractivity contribution in [3.8, 4) is 17.2 Å². The number of hydrogen-bond donors (Lipinski definition) is 0. The Hall–Kier alpha value is -3.09. The topological polar surface area (TPSA) is 66.5 Å². The van der Waals surface area contributed by atoms with E-state index in [1.54, 1.807) is 35.5 Å². The van der Waals surface area contributed by atoms with E-state index < -0.39 is 0 Å². The first-order valence-corrected chi connectivity index (χ1v) is 11.0. The van der Waals surface area contributed by atoms with E-state index in [1.807, 2.05) is 18.2 Å². The first-order valence-electron chi connectivity index (χ1n) is 11.0. The van der Waals surface area contributed by atoms with Crippen molar-refractivity contribution in [1.29, 1.82) is 0 Å². The Balaban J connectivity index is 1.82. The zero-order valence-corrected chi connectivity index (χ0v) is 19.2. The van der Waals surface area contributed by atoms with Crippen molar-refractivity contribution < 1.29 is 28.5 Å². The summed E-state index contributed by atoms with van der Waals surface area (Å²) < 4.78 is 28.5. The second kappa shape index (κ2) is 7.80. The van der Waals surface area contributed by atoms with Crippen LogP contribution in [0, 0.1) is 5.92 Å². The molecule has 1 amide bonds. The molecule has 3 unspecified atom stereocenters. The van der Waals surface area contributed by atoms with Crippen molar-refractivity contribution in [2.45, 2.75) is 31.2 Å². The number of carbonyl (C=O) groups excluding carboxylic acids is 1. The maximum Gasteiger partial charge on any atom is 0.250 e. The van der Waals surface area contributed by atoms with Gasteiger partial charge in [0.1, 0.15) is 0 Å². The Kier molecular flexibility index (Phi) is 5.07. The normalized spacial score (nSPS) is 25.7. The Bertz CT molecular complexity index is 1070. The van der Waals surface area contributed by atoms with Crippen LogP contribution in [0.4, 0.5) is 0 Å². The van der Waals surface area contributed by atoms with Crippen molar-refractivity contribution in [1.82, 2.24) is 4.90 Å². The molecule has 1 fully saturated rings. The molecular formula is C25H29NO6. The molecule has 2 aliphatic heterocycles. The van der Waals surface area contributed by atoms with Crippen molar-refractivity contribution in [3.05, 3.63) is 46.4 Å². The molecule has 3 atom stereocenters. The molecule has 0 spiro atoms. The minimum absolute atomic E-state index is 0.129. The Labute approximate surface area is 188 Å². The van der Waals surface area contributed by atoms with Crippen molar-refractivity contribution in [2.75, 3.05) is 42.1 Å². The second-order valence-electron chi connectivity index (χ2n) is 8.52. The van der Waals surface area contributed by atoms with Crippen LogP contribution in [0.25, 0.3) is 5.57 Å². The molecule has 5 rings (SSSR count). The zero-order chi connectivity index (χ0) is 22.6. The Morgan fingerprint density at radius 3 is 2.19 bits per heavy atom. The molecular weight excluding hydrogens is 410 g/mol. The number of nitrogens with zero attached hydrogens (tertiary/aromatic N) is 1. The SMILES string of the molecule is COC1=CC2C3=C(CC4CCCN4C3=O)c3cc(OC)c(OC)c(OC)c3C2C=C1OC. The zero-order valence-electron chi connectivity index (χ0n) is 19.2. The fourth-order valence-electron chi connectivity index (χ4n) is 5.86. The maximum absolute atomic E-state index is 13.7. The van der Waals surface area contributed by atoms with Crippen LogP contribution in [-0.2, 0) is 14.3 Å². The van der Waals surface area contributed by atoms with Crippen molar-refractivity contribution >= 4 is 11.5 Å². The number of carbonyl (C=O) groups is 1. The van der Waals surface area contributed by atoms with Gasteiger partial charge in [0.05, 0.1) is 35.5 Å². The summed E-state index contributed by atoms with van der Waals surface area (Å²) in [6.07, 6.45) is 6.95. The molecule has 170 valence electrons. The lowest BCUT2D eigenvalue weighted by Gasteiger charge is -2.43. The van der Waals surface area contributed by atoms with Crippen LogP contribution in [0.2, 0.25) is 0 Å². The highest BCUT2D eigenvalue weighted by Crippen LogP contribution is 2.57. The van der Waals surface area contributed by atoms with Crippen LogP contribution in [0.15, 0.2) is 35.3 Å². The van der Waals surface area contributed by atoms with Crippen molar-refractivity contribution in [3.63, 3.8) is 0 Å². The third-order valence-electron chi connectivity index (χ3n) is 7.22. The van der Waals surface area contributed by atoms with E-state index in [0.717, 1.165) is 48.1 Å². The first kappa shape index (κ1) is 20.8. The van der Waals surface area contributed by atoms with E-state index >= 15 is 0 Å². The van der Waals surface area contributed by atoms with E-state index in [2.05, 4.69) is 4.90 Å². The number of rotatable bonds is 5. The average Bonchev–Trinajstić information content (AvgIpc) is 3.30. The average molecular weight is 440 g/mol. The molecule has 1 aromatic carbocycles. The van der Waals surface area contributed by atoms with Crippen LogP contribution in [-0.4, -0.2) is 58.9 Å². The van der Waals surface area contributed by atoms with Gasteiger partial charge in [-0.05, 0) is 48.6 Å². The molecule has 7 nitrogen and oxygen atoms in total. The van der Waals surface area contributed by atoms with E-state index in [-0.39, 0.29) is 23.8 Å². The largest absolute Gasteiger partial charge is 0.493 e. The van der Waals surface area contributed by atoms with Gasteiger partial charge >= 0.3 is 0 Å². The number of methoxy groups -OCH3 is 5. The summed E-state index contributed by atoms with van der Waals surface area (Å²) in [5, 5.41) is 0. The van der Waals surface area contributed by atoms with Crippen LogP contribution in [0.3, 0.4) is 0 Å². The molecule has 0 aromatic heterocycles. The number of ether oxygens (including phenoxy) is 5. The third kappa shape index (κ3) is 2.76. The van der Waals surface area contributed by atoms with Crippen LogP contribution in [0.1, 0.15) is 36.3 Å². The summed E-state index contributed by atoms with van der Waals surface area (Å²) >= 11 is 0. The van der Waals surface area contributed by atoms with E-state index in [0.29, 0.717) is 28.8 Å². The predicted octanol–water partition coefficient (Wildman–Crippen LogP) is 3.65. The van der Waals surface area contributed by atoms with E-state index in [1.165, 1.54) is 0 Å². The second-order valence-corrected chi connectivity index (χ2v) is 8.52. The Morgan fingerprint density at radius 2 is 1.56 bits per heavy atom. The fourth-order valence-corrected chi connectivity index (χ4v) is 5.86. The number of hydrogen-bond acceptors (Lipinski definition) is 6. The van der Waals surface area contributed by atoms with Gasteiger partial charge in [0.25, 0.3) is 5.91 Å². The minimum atomic E-state index is -0.174. The van der Waals surface area contributed by atoms with E-state index in [4.69, 9.17) is 23.7 Å². The molecule has 0 N–H and O–H groups in total. The lowest BCUT2D eigenvalue weighted by Crippen LogP contribution is -2.44. The summed E-state index contributed by atoms with van der Waals surface area (Å²) in [4.78, 5) is 15.8. The first-order chi connectivity index (χ1) is 15.6. The molecule has 1 aromatic rings. The van der Waals surface area contributed by atoms with Crippen LogP contribution >= 0.6 is 0 Å². The third-order valence-corrected chi connectivity index (χ3v) is 7.22. The summed E-state index contributed by atoms with van der Waals surface area (Å²) in [5.41, 5.74) is 3.91. The lowest BCUT2D eigenvalue weighted by atomic mass is 9.66. The number of fused-ring (bicyclic) bond motifs is 6. The molecule has 7 heteroatoms. The van der Waals surface area contributed by atoms with Gasteiger partial charge in [-0.15, -0.1) is 0 Å². The highest BCUT2D eigenvalue weighted by molar-refractivity contribution is 6.06. The number of benzene rings is 1. The van der Waals surface area contributed by atoms with Crippen LogP contribution < -0.4 is 14.2 Å². The van der Waals surface area contributed by atoms with Gasteiger partial charge in [0.2, 0.25) is 5.75 Å².